The van der Waals surface area contributed by atoms with Gasteiger partial charge in [-0.25, -0.2) is 4.39 Å². The molecule has 1 aliphatic heterocycles. The van der Waals surface area contributed by atoms with Gasteiger partial charge in [-0.1, -0.05) is 19.1 Å². The summed E-state index contributed by atoms with van der Waals surface area (Å²) in [5.74, 6) is 0.666. The largest absolute Gasteiger partial charge is 0.299 e. The molecule has 1 atom stereocenters. The molecule has 0 unspecified atom stereocenters. The summed E-state index contributed by atoms with van der Waals surface area (Å²) in [6.07, 6.45) is 1.29. The standard InChI is InChI=1S/C12H16FN/c1-10-6-7-14(8-10)9-11-2-4-12(13)5-3-11/h2-5,10H,6-9H2,1H3/t10-/m0/s1. The molecule has 0 spiro atoms. The van der Waals surface area contributed by atoms with Crippen LogP contribution < -0.4 is 0 Å². The van der Waals surface area contributed by atoms with Gasteiger partial charge in [-0.2, -0.15) is 0 Å². The van der Waals surface area contributed by atoms with Gasteiger partial charge in [-0.3, -0.25) is 4.90 Å². The van der Waals surface area contributed by atoms with Crippen molar-refractivity contribution in [3.63, 3.8) is 0 Å². The summed E-state index contributed by atoms with van der Waals surface area (Å²) in [7, 11) is 0. The van der Waals surface area contributed by atoms with Crippen LogP contribution in [0.2, 0.25) is 0 Å². The third-order valence-corrected chi connectivity index (χ3v) is 2.83. The van der Waals surface area contributed by atoms with Gasteiger partial charge in [0.25, 0.3) is 0 Å². The van der Waals surface area contributed by atoms with E-state index in [1.165, 1.54) is 37.2 Å². The predicted octanol–water partition coefficient (Wildman–Crippen LogP) is 2.67. The van der Waals surface area contributed by atoms with Crippen molar-refractivity contribution in [2.75, 3.05) is 13.1 Å². The van der Waals surface area contributed by atoms with E-state index in [9.17, 15) is 4.39 Å². The summed E-state index contributed by atoms with van der Waals surface area (Å²) >= 11 is 0. The van der Waals surface area contributed by atoms with Gasteiger partial charge in [0.2, 0.25) is 0 Å². The van der Waals surface area contributed by atoms with Crippen molar-refractivity contribution < 1.29 is 4.39 Å². The molecular formula is C12H16FN. The number of hydrogen-bond donors (Lipinski definition) is 0. The summed E-state index contributed by atoms with van der Waals surface area (Å²) in [6.45, 7) is 5.60. The fraction of sp³-hybridized carbons (Fsp3) is 0.500. The van der Waals surface area contributed by atoms with Crippen LogP contribution in [0.1, 0.15) is 18.9 Å². The molecule has 0 saturated carbocycles. The summed E-state index contributed by atoms with van der Waals surface area (Å²) < 4.78 is 12.6. The van der Waals surface area contributed by atoms with E-state index in [0.717, 1.165) is 12.5 Å². The summed E-state index contributed by atoms with van der Waals surface area (Å²) in [5, 5.41) is 0. The van der Waals surface area contributed by atoms with Crippen LogP contribution in [0.5, 0.6) is 0 Å². The average molecular weight is 193 g/mol. The summed E-state index contributed by atoms with van der Waals surface area (Å²) in [6, 6.07) is 6.82. The second-order valence-corrected chi connectivity index (χ2v) is 4.26. The highest BCUT2D eigenvalue weighted by Gasteiger charge is 2.18. The third kappa shape index (κ3) is 2.32. The van der Waals surface area contributed by atoms with E-state index < -0.39 is 0 Å². The topological polar surface area (TPSA) is 3.24 Å². The Balaban J connectivity index is 1.94. The Morgan fingerprint density at radius 3 is 2.64 bits per heavy atom. The van der Waals surface area contributed by atoms with E-state index in [-0.39, 0.29) is 5.82 Å². The van der Waals surface area contributed by atoms with Crippen molar-refractivity contribution in [1.82, 2.24) is 4.90 Å². The van der Waals surface area contributed by atoms with Crippen molar-refractivity contribution in [3.05, 3.63) is 35.6 Å². The molecule has 1 saturated heterocycles. The zero-order valence-electron chi connectivity index (χ0n) is 8.54. The van der Waals surface area contributed by atoms with Crippen LogP contribution in [0.15, 0.2) is 24.3 Å². The zero-order chi connectivity index (χ0) is 9.97. The molecule has 0 N–H and O–H groups in total. The lowest BCUT2D eigenvalue weighted by Crippen LogP contribution is -2.19. The molecule has 0 aliphatic carbocycles. The van der Waals surface area contributed by atoms with E-state index in [4.69, 9.17) is 0 Å². The Kier molecular flexibility index (Phi) is 2.82. The Hall–Kier alpha value is -0.890. The van der Waals surface area contributed by atoms with Crippen molar-refractivity contribution >= 4 is 0 Å². The quantitative estimate of drug-likeness (QED) is 0.698. The Morgan fingerprint density at radius 1 is 1.36 bits per heavy atom. The summed E-state index contributed by atoms with van der Waals surface area (Å²) in [4.78, 5) is 2.43. The minimum atomic E-state index is -0.150. The molecule has 14 heavy (non-hydrogen) atoms. The van der Waals surface area contributed by atoms with Crippen LogP contribution in [0.3, 0.4) is 0 Å². The average Bonchev–Trinajstić information content (AvgIpc) is 2.56. The van der Waals surface area contributed by atoms with Gasteiger partial charge in [-0.05, 0) is 36.6 Å². The highest BCUT2D eigenvalue weighted by molar-refractivity contribution is 5.16. The van der Waals surface area contributed by atoms with Crippen LogP contribution in [0.4, 0.5) is 4.39 Å². The first-order chi connectivity index (χ1) is 6.74. The Bertz CT molecular complexity index is 294. The maximum atomic E-state index is 12.6. The molecule has 2 heteroatoms. The number of halogens is 1. The highest BCUT2D eigenvalue weighted by atomic mass is 19.1. The van der Waals surface area contributed by atoms with Crippen LogP contribution in [-0.4, -0.2) is 18.0 Å². The van der Waals surface area contributed by atoms with E-state index in [2.05, 4.69) is 11.8 Å². The number of rotatable bonds is 2. The van der Waals surface area contributed by atoms with E-state index >= 15 is 0 Å². The Morgan fingerprint density at radius 2 is 2.07 bits per heavy atom. The molecule has 0 bridgehead atoms. The molecule has 1 aromatic carbocycles. The van der Waals surface area contributed by atoms with E-state index in [1.807, 2.05) is 12.1 Å². The lowest BCUT2D eigenvalue weighted by molar-refractivity contribution is 0.320. The van der Waals surface area contributed by atoms with Crippen LogP contribution >= 0.6 is 0 Å². The normalized spacial score (nSPS) is 22.9. The molecule has 1 aromatic rings. The number of likely N-dealkylation sites (tertiary alicyclic amines) is 1. The minimum absolute atomic E-state index is 0.150. The third-order valence-electron chi connectivity index (χ3n) is 2.83. The molecule has 1 nitrogen and oxygen atoms in total. The van der Waals surface area contributed by atoms with Crippen molar-refractivity contribution in [1.29, 1.82) is 0 Å². The molecule has 0 radical (unpaired) electrons. The monoisotopic (exact) mass is 193 g/mol. The van der Waals surface area contributed by atoms with Gasteiger partial charge in [0.1, 0.15) is 5.82 Å². The lowest BCUT2D eigenvalue weighted by Gasteiger charge is -2.14. The SMILES string of the molecule is C[C@H]1CCN(Cc2ccc(F)cc2)C1. The fourth-order valence-electron chi connectivity index (χ4n) is 2.02. The molecule has 76 valence electrons. The first-order valence-electron chi connectivity index (χ1n) is 5.21. The molecule has 1 aliphatic rings. The minimum Gasteiger partial charge on any atom is -0.299 e. The lowest BCUT2D eigenvalue weighted by atomic mass is 10.2. The van der Waals surface area contributed by atoms with Crippen molar-refractivity contribution in [2.24, 2.45) is 5.92 Å². The molecule has 0 aromatic heterocycles. The second-order valence-electron chi connectivity index (χ2n) is 4.26. The van der Waals surface area contributed by atoms with E-state index in [1.54, 1.807) is 0 Å². The van der Waals surface area contributed by atoms with E-state index in [0.29, 0.717) is 0 Å². The van der Waals surface area contributed by atoms with Crippen LogP contribution in [0, 0.1) is 11.7 Å². The molecule has 1 heterocycles. The van der Waals surface area contributed by atoms with Crippen molar-refractivity contribution in [3.8, 4) is 0 Å². The van der Waals surface area contributed by atoms with Gasteiger partial charge in [0, 0.05) is 13.1 Å². The fourth-order valence-corrected chi connectivity index (χ4v) is 2.02. The maximum Gasteiger partial charge on any atom is 0.123 e. The maximum absolute atomic E-state index is 12.6. The van der Waals surface area contributed by atoms with Gasteiger partial charge in [-0.15, -0.1) is 0 Å². The number of hydrogen-bond acceptors (Lipinski definition) is 1. The second kappa shape index (κ2) is 4.09. The van der Waals surface area contributed by atoms with Crippen molar-refractivity contribution in [2.45, 2.75) is 19.9 Å². The van der Waals surface area contributed by atoms with Crippen LogP contribution in [-0.2, 0) is 6.54 Å². The first kappa shape index (κ1) is 9.66. The highest BCUT2D eigenvalue weighted by Crippen LogP contribution is 2.17. The number of nitrogens with zero attached hydrogens (tertiary/aromatic N) is 1. The summed E-state index contributed by atoms with van der Waals surface area (Å²) in [5.41, 5.74) is 1.21. The van der Waals surface area contributed by atoms with Gasteiger partial charge < -0.3 is 0 Å². The van der Waals surface area contributed by atoms with Gasteiger partial charge >= 0.3 is 0 Å². The molecular weight excluding hydrogens is 177 g/mol. The van der Waals surface area contributed by atoms with Crippen LogP contribution in [0.25, 0.3) is 0 Å². The first-order valence-corrected chi connectivity index (χ1v) is 5.21. The molecule has 1 fully saturated rings. The van der Waals surface area contributed by atoms with Gasteiger partial charge in [0.15, 0.2) is 0 Å². The number of benzene rings is 1. The molecule has 2 rings (SSSR count). The Labute approximate surface area is 84.5 Å². The van der Waals surface area contributed by atoms with Gasteiger partial charge in [0.05, 0.1) is 0 Å². The zero-order valence-corrected chi connectivity index (χ0v) is 8.54. The predicted molar refractivity (Wildman–Crippen MR) is 55.5 cm³/mol. The molecule has 0 amide bonds. The smallest absolute Gasteiger partial charge is 0.123 e.